The van der Waals surface area contributed by atoms with Crippen LogP contribution in [0.5, 0.6) is 0 Å². The van der Waals surface area contributed by atoms with Gasteiger partial charge in [-0.15, -0.1) is 0 Å². The second kappa shape index (κ2) is 4.86. The van der Waals surface area contributed by atoms with E-state index in [1.165, 1.54) is 18.3 Å². The molecule has 20 heavy (non-hydrogen) atoms. The zero-order valence-corrected chi connectivity index (χ0v) is 12.1. The third-order valence-corrected chi connectivity index (χ3v) is 4.32. The molecule has 1 fully saturated rings. The molecule has 1 aromatic heterocycles. The number of carbonyl (C=O) groups excluding carboxylic acids is 2. The van der Waals surface area contributed by atoms with Crippen molar-refractivity contribution in [3.63, 3.8) is 0 Å². The molecular formula is C14H15N3O2S. The molecule has 3 rings (SSSR count). The average Bonchev–Trinajstić information content (AvgIpc) is 2.96. The zero-order valence-electron chi connectivity index (χ0n) is 11.3. The number of anilines is 2. The van der Waals surface area contributed by atoms with Crippen LogP contribution in [0.15, 0.2) is 18.2 Å². The lowest BCUT2D eigenvalue weighted by atomic mass is 10.3. The van der Waals surface area contributed by atoms with Gasteiger partial charge in [0.15, 0.2) is 5.13 Å². The molecule has 5 nitrogen and oxygen atoms in total. The fourth-order valence-electron chi connectivity index (χ4n) is 2.14. The van der Waals surface area contributed by atoms with Crippen molar-refractivity contribution in [1.82, 2.24) is 4.98 Å². The molecule has 2 amide bonds. The van der Waals surface area contributed by atoms with Gasteiger partial charge in [-0.2, -0.15) is 0 Å². The highest BCUT2D eigenvalue weighted by Crippen LogP contribution is 2.39. The third-order valence-electron chi connectivity index (χ3n) is 3.39. The Morgan fingerprint density at radius 2 is 2.10 bits per heavy atom. The maximum atomic E-state index is 11.9. The van der Waals surface area contributed by atoms with Gasteiger partial charge >= 0.3 is 0 Å². The second-order valence-corrected chi connectivity index (χ2v) is 6.22. The van der Waals surface area contributed by atoms with Gasteiger partial charge in [0, 0.05) is 18.5 Å². The van der Waals surface area contributed by atoms with E-state index in [0.29, 0.717) is 11.0 Å². The molecule has 1 saturated carbocycles. The molecule has 0 spiro atoms. The van der Waals surface area contributed by atoms with E-state index in [0.717, 1.165) is 22.3 Å². The summed E-state index contributed by atoms with van der Waals surface area (Å²) in [5, 5.41) is 6.21. The summed E-state index contributed by atoms with van der Waals surface area (Å²) in [5.74, 6) is 0.566. The quantitative estimate of drug-likeness (QED) is 0.912. The summed E-state index contributed by atoms with van der Waals surface area (Å²) in [6, 6.07) is 5.51. The molecule has 6 heteroatoms. The first-order chi connectivity index (χ1) is 9.52. The topological polar surface area (TPSA) is 71.1 Å². The van der Waals surface area contributed by atoms with Gasteiger partial charge in [-0.1, -0.05) is 18.3 Å². The smallest absolute Gasteiger partial charge is 0.229 e. The van der Waals surface area contributed by atoms with Gasteiger partial charge in [0.25, 0.3) is 0 Å². The number of carbonyl (C=O) groups is 2. The second-order valence-electron chi connectivity index (χ2n) is 5.19. The van der Waals surface area contributed by atoms with E-state index in [-0.39, 0.29) is 17.7 Å². The van der Waals surface area contributed by atoms with Crippen molar-refractivity contribution in [2.75, 3.05) is 10.6 Å². The highest BCUT2D eigenvalue weighted by Gasteiger charge is 2.39. The van der Waals surface area contributed by atoms with Crippen molar-refractivity contribution in [3.05, 3.63) is 18.2 Å². The van der Waals surface area contributed by atoms with E-state index >= 15 is 0 Å². The van der Waals surface area contributed by atoms with Crippen LogP contribution in [-0.2, 0) is 9.59 Å². The van der Waals surface area contributed by atoms with E-state index in [9.17, 15) is 9.59 Å². The highest BCUT2D eigenvalue weighted by molar-refractivity contribution is 7.22. The Kier molecular flexibility index (Phi) is 3.17. The van der Waals surface area contributed by atoms with E-state index in [2.05, 4.69) is 22.5 Å². The fraction of sp³-hybridized carbons (Fsp3) is 0.357. The standard InChI is InChI=1S/C14H15N3O2S/c1-7-5-10(7)13(19)17-14-16-11-4-3-9(15-8(2)18)6-12(11)20-14/h3-4,6-7,10H,5H2,1-2H3,(H,15,18)(H,16,17,19)/t7-,10-/m0/s1. The Morgan fingerprint density at radius 1 is 1.35 bits per heavy atom. The third kappa shape index (κ3) is 2.65. The van der Waals surface area contributed by atoms with Crippen LogP contribution >= 0.6 is 11.3 Å². The van der Waals surface area contributed by atoms with Gasteiger partial charge in [-0.25, -0.2) is 4.98 Å². The van der Waals surface area contributed by atoms with Gasteiger partial charge in [0.05, 0.1) is 10.2 Å². The number of thiazole rings is 1. The van der Waals surface area contributed by atoms with Crippen molar-refractivity contribution in [3.8, 4) is 0 Å². The van der Waals surface area contributed by atoms with E-state index in [1.54, 1.807) is 6.07 Å². The van der Waals surface area contributed by atoms with Crippen molar-refractivity contribution in [2.24, 2.45) is 11.8 Å². The molecule has 0 bridgehead atoms. The van der Waals surface area contributed by atoms with Gasteiger partial charge in [0.2, 0.25) is 11.8 Å². The molecule has 0 unspecified atom stereocenters. The molecule has 0 saturated heterocycles. The summed E-state index contributed by atoms with van der Waals surface area (Å²) in [4.78, 5) is 27.3. The molecule has 2 atom stereocenters. The van der Waals surface area contributed by atoms with Crippen LogP contribution in [0.4, 0.5) is 10.8 Å². The predicted octanol–water partition coefficient (Wildman–Crippen LogP) is 2.85. The largest absolute Gasteiger partial charge is 0.326 e. The Balaban J connectivity index is 1.79. The van der Waals surface area contributed by atoms with Crippen LogP contribution in [0.2, 0.25) is 0 Å². The maximum absolute atomic E-state index is 11.9. The summed E-state index contributed by atoms with van der Waals surface area (Å²) in [7, 11) is 0. The first-order valence-corrected chi connectivity index (χ1v) is 7.33. The summed E-state index contributed by atoms with van der Waals surface area (Å²) < 4.78 is 0.940. The van der Waals surface area contributed by atoms with Crippen molar-refractivity contribution < 1.29 is 9.59 Å². The number of hydrogen-bond acceptors (Lipinski definition) is 4. The number of amides is 2. The Hall–Kier alpha value is -1.95. The SMILES string of the molecule is CC(=O)Nc1ccc2nc(NC(=O)[C@H]3C[C@@H]3C)sc2c1. The molecule has 104 valence electrons. The predicted molar refractivity (Wildman–Crippen MR) is 79.8 cm³/mol. The number of hydrogen-bond donors (Lipinski definition) is 2. The fourth-order valence-corrected chi connectivity index (χ4v) is 3.05. The first-order valence-electron chi connectivity index (χ1n) is 6.52. The van der Waals surface area contributed by atoms with Crippen molar-refractivity contribution >= 4 is 44.2 Å². The minimum Gasteiger partial charge on any atom is -0.326 e. The minimum absolute atomic E-state index is 0.0543. The lowest BCUT2D eigenvalue weighted by molar-refractivity contribution is -0.117. The lowest BCUT2D eigenvalue weighted by Gasteiger charge is -1.99. The lowest BCUT2D eigenvalue weighted by Crippen LogP contribution is -2.14. The maximum Gasteiger partial charge on any atom is 0.229 e. The molecular weight excluding hydrogens is 274 g/mol. The monoisotopic (exact) mass is 289 g/mol. The van der Waals surface area contributed by atoms with E-state index in [1.807, 2.05) is 12.1 Å². The van der Waals surface area contributed by atoms with Gasteiger partial charge in [-0.05, 0) is 30.5 Å². The summed E-state index contributed by atoms with van der Waals surface area (Å²) in [6.07, 6.45) is 0.962. The van der Waals surface area contributed by atoms with Crippen molar-refractivity contribution in [1.29, 1.82) is 0 Å². The Morgan fingerprint density at radius 3 is 2.75 bits per heavy atom. The number of benzene rings is 1. The van der Waals surface area contributed by atoms with Gasteiger partial charge < -0.3 is 10.6 Å². The molecule has 0 aliphatic heterocycles. The normalized spacial score (nSPS) is 20.7. The number of nitrogens with zero attached hydrogens (tertiary/aromatic N) is 1. The number of aromatic nitrogens is 1. The van der Waals surface area contributed by atoms with Gasteiger partial charge in [-0.3, -0.25) is 9.59 Å². The molecule has 0 radical (unpaired) electrons. The molecule has 1 aliphatic rings. The van der Waals surface area contributed by atoms with Crippen molar-refractivity contribution in [2.45, 2.75) is 20.3 Å². The number of rotatable bonds is 3. The molecule has 2 aromatic rings. The Labute approximate surface area is 120 Å². The van der Waals surface area contributed by atoms with Crippen LogP contribution in [0, 0.1) is 11.8 Å². The minimum atomic E-state index is -0.106. The van der Waals surface area contributed by atoms with Crippen LogP contribution < -0.4 is 10.6 Å². The van der Waals surface area contributed by atoms with E-state index < -0.39 is 0 Å². The summed E-state index contributed by atoms with van der Waals surface area (Å²) >= 11 is 1.42. The molecule has 1 heterocycles. The van der Waals surface area contributed by atoms with Crippen LogP contribution in [0.3, 0.4) is 0 Å². The summed E-state index contributed by atoms with van der Waals surface area (Å²) in [6.45, 7) is 3.54. The van der Waals surface area contributed by atoms with Gasteiger partial charge in [0.1, 0.15) is 0 Å². The number of nitrogens with one attached hydrogen (secondary N) is 2. The first kappa shape index (κ1) is 13.1. The van der Waals surface area contributed by atoms with Crippen LogP contribution in [0.25, 0.3) is 10.2 Å². The van der Waals surface area contributed by atoms with Crippen LogP contribution in [-0.4, -0.2) is 16.8 Å². The molecule has 2 N–H and O–H groups in total. The van der Waals surface area contributed by atoms with Crippen LogP contribution in [0.1, 0.15) is 20.3 Å². The van der Waals surface area contributed by atoms with E-state index in [4.69, 9.17) is 0 Å². The molecule has 1 aliphatic carbocycles. The zero-order chi connectivity index (χ0) is 14.3. The average molecular weight is 289 g/mol. The highest BCUT2D eigenvalue weighted by atomic mass is 32.1. The number of fused-ring (bicyclic) bond motifs is 1. The summed E-state index contributed by atoms with van der Waals surface area (Å²) in [5.41, 5.74) is 1.56. The molecule has 1 aromatic carbocycles. The Bertz CT molecular complexity index is 695.